The number of unbranched alkanes of at least 4 members (excludes halogenated alkanes) is 3. The van der Waals surface area contributed by atoms with E-state index in [1.807, 2.05) is 0 Å². The highest BCUT2D eigenvalue weighted by Gasteiger charge is 2.51. The van der Waals surface area contributed by atoms with E-state index in [1.165, 1.54) is 51.4 Å². The fraction of sp³-hybridized carbons (Fsp3) is 0.944. The molecule has 1 amide bonds. The SMILES string of the molecule is NCCCCCCNC(=O)CC12CC3CC(CC(C3)C1)C2. The quantitative estimate of drug-likeness (QED) is 0.675. The van der Waals surface area contributed by atoms with Crippen molar-refractivity contribution in [1.82, 2.24) is 5.32 Å². The van der Waals surface area contributed by atoms with Gasteiger partial charge in [-0.05, 0) is 81.1 Å². The molecule has 0 saturated heterocycles. The van der Waals surface area contributed by atoms with Crippen molar-refractivity contribution < 1.29 is 4.79 Å². The zero-order valence-corrected chi connectivity index (χ0v) is 13.4. The third kappa shape index (κ3) is 3.80. The van der Waals surface area contributed by atoms with E-state index in [9.17, 15) is 4.79 Å². The van der Waals surface area contributed by atoms with E-state index in [-0.39, 0.29) is 0 Å². The van der Waals surface area contributed by atoms with Crippen molar-refractivity contribution in [3.05, 3.63) is 0 Å². The van der Waals surface area contributed by atoms with Gasteiger partial charge >= 0.3 is 0 Å². The third-order valence-corrected chi connectivity index (χ3v) is 6.15. The zero-order chi connectivity index (χ0) is 14.7. The highest BCUT2D eigenvalue weighted by molar-refractivity contribution is 5.76. The average molecular weight is 292 g/mol. The van der Waals surface area contributed by atoms with Gasteiger partial charge in [0.05, 0.1) is 0 Å². The summed E-state index contributed by atoms with van der Waals surface area (Å²) in [6.45, 7) is 1.65. The molecule has 0 radical (unpaired) electrons. The molecule has 3 nitrogen and oxygen atoms in total. The first kappa shape index (κ1) is 15.3. The van der Waals surface area contributed by atoms with Crippen LogP contribution in [0.25, 0.3) is 0 Å². The van der Waals surface area contributed by atoms with Crippen molar-refractivity contribution in [1.29, 1.82) is 0 Å². The Morgan fingerprint density at radius 2 is 1.52 bits per heavy atom. The van der Waals surface area contributed by atoms with Gasteiger partial charge in [-0.1, -0.05) is 12.8 Å². The summed E-state index contributed by atoms with van der Waals surface area (Å²) >= 11 is 0. The summed E-state index contributed by atoms with van der Waals surface area (Å²) in [5.41, 5.74) is 5.87. The van der Waals surface area contributed by atoms with Gasteiger partial charge < -0.3 is 11.1 Å². The fourth-order valence-corrected chi connectivity index (χ4v) is 5.76. The predicted octanol–water partition coefficient (Wildman–Crippen LogP) is 3.23. The van der Waals surface area contributed by atoms with Crippen LogP contribution in [0.3, 0.4) is 0 Å². The largest absolute Gasteiger partial charge is 0.356 e. The van der Waals surface area contributed by atoms with Gasteiger partial charge in [-0.25, -0.2) is 0 Å². The Bertz CT molecular complexity index is 331. The van der Waals surface area contributed by atoms with Gasteiger partial charge in [-0.2, -0.15) is 0 Å². The molecule has 4 aliphatic carbocycles. The molecular weight excluding hydrogens is 260 g/mol. The van der Waals surface area contributed by atoms with E-state index in [0.29, 0.717) is 11.3 Å². The van der Waals surface area contributed by atoms with Gasteiger partial charge in [0.2, 0.25) is 5.91 Å². The lowest BCUT2D eigenvalue weighted by molar-refractivity contribution is -0.129. The number of hydrogen-bond acceptors (Lipinski definition) is 2. The van der Waals surface area contributed by atoms with Crippen molar-refractivity contribution in [3.63, 3.8) is 0 Å². The first-order valence-electron chi connectivity index (χ1n) is 9.16. The number of amides is 1. The number of carbonyl (C=O) groups excluding carboxylic acids is 1. The standard InChI is InChI=1S/C18H32N2O/c19-5-3-1-2-4-6-20-17(21)13-18-10-14-7-15(11-18)9-16(8-14)12-18/h14-16H,1-13,19H2,(H,20,21). The van der Waals surface area contributed by atoms with Crippen LogP contribution in [0.5, 0.6) is 0 Å². The molecule has 0 aromatic heterocycles. The molecule has 0 aliphatic heterocycles. The van der Waals surface area contributed by atoms with Crippen LogP contribution >= 0.6 is 0 Å². The molecule has 4 fully saturated rings. The minimum absolute atomic E-state index is 0.316. The van der Waals surface area contributed by atoms with E-state index in [1.54, 1.807) is 0 Å². The van der Waals surface area contributed by atoms with Gasteiger partial charge in [0, 0.05) is 13.0 Å². The van der Waals surface area contributed by atoms with Gasteiger partial charge in [0.1, 0.15) is 0 Å². The number of nitrogens with one attached hydrogen (secondary N) is 1. The Morgan fingerprint density at radius 1 is 0.952 bits per heavy atom. The van der Waals surface area contributed by atoms with Crippen molar-refractivity contribution in [2.75, 3.05) is 13.1 Å². The maximum absolute atomic E-state index is 12.3. The van der Waals surface area contributed by atoms with Gasteiger partial charge in [0.25, 0.3) is 0 Å². The van der Waals surface area contributed by atoms with Crippen LogP contribution in [0.4, 0.5) is 0 Å². The molecule has 21 heavy (non-hydrogen) atoms. The Hall–Kier alpha value is -0.570. The molecule has 3 heteroatoms. The third-order valence-electron chi connectivity index (χ3n) is 6.15. The molecule has 4 aliphatic rings. The van der Waals surface area contributed by atoms with E-state index in [0.717, 1.165) is 50.1 Å². The van der Waals surface area contributed by atoms with Crippen LogP contribution < -0.4 is 11.1 Å². The summed E-state index contributed by atoms with van der Waals surface area (Å²) in [4.78, 5) is 12.3. The van der Waals surface area contributed by atoms with Crippen molar-refractivity contribution in [2.24, 2.45) is 28.9 Å². The molecule has 0 unspecified atom stereocenters. The predicted molar refractivity (Wildman–Crippen MR) is 85.8 cm³/mol. The molecule has 4 rings (SSSR count). The summed E-state index contributed by atoms with van der Waals surface area (Å²) in [6, 6.07) is 0. The molecule has 4 bridgehead atoms. The molecule has 0 spiro atoms. The first-order chi connectivity index (χ1) is 10.2. The summed E-state index contributed by atoms with van der Waals surface area (Å²) in [7, 11) is 0. The van der Waals surface area contributed by atoms with Crippen molar-refractivity contribution >= 4 is 5.91 Å². The normalized spacial score (nSPS) is 36.9. The highest BCUT2D eigenvalue weighted by Crippen LogP contribution is 2.61. The van der Waals surface area contributed by atoms with Crippen LogP contribution in [0.2, 0.25) is 0 Å². The second-order valence-electron chi connectivity index (χ2n) is 8.15. The fourth-order valence-electron chi connectivity index (χ4n) is 5.76. The van der Waals surface area contributed by atoms with Crippen molar-refractivity contribution in [3.8, 4) is 0 Å². The maximum atomic E-state index is 12.3. The van der Waals surface area contributed by atoms with E-state index < -0.39 is 0 Å². The molecule has 4 saturated carbocycles. The Balaban J connectivity index is 1.39. The van der Waals surface area contributed by atoms with Crippen LogP contribution in [0.1, 0.15) is 70.6 Å². The van der Waals surface area contributed by atoms with E-state index >= 15 is 0 Å². The van der Waals surface area contributed by atoms with E-state index in [4.69, 9.17) is 5.73 Å². The minimum Gasteiger partial charge on any atom is -0.356 e. The molecule has 120 valence electrons. The van der Waals surface area contributed by atoms with E-state index in [2.05, 4.69) is 5.32 Å². The highest BCUT2D eigenvalue weighted by atomic mass is 16.1. The minimum atomic E-state index is 0.316. The average Bonchev–Trinajstić information content (AvgIpc) is 2.40. The van der Waals surface area contributed by atoms with Crippen LogP contribution in [0, 0.1) is 23.2 Å². The molecule has 0 aromatic carbocycles. The Labute approximate surface area is 129 Å². The topological polar surface area (TPSA) is 55.1 Å². The van der Waals surface area contributed by atoms with Crippen LogP contribution in [0.15, 0.2) is 0 Å². The van der Waals surface area contributed by atoms with Crippen LogP contribution in [-0.4, -0.2) is 19.0 Å². The Kier molecular flexibility index (Phi) is 4.88. The molecule has 0 heterocycles. The summed E-state index contributed by atoms with van der Waals surface area (Å²) in [5, 5.41) is 3.16. The number of hydrogen-bond donors (Lipinski definition) is 2. The lowest BCUT2D eigenvalue weighted by Gasteiger charge is -2.56. The lowest BCUT2D eigenvalue weighted by Crippen LogP contribution is -2.48. The maximum Gasteiger partial charge on any atom is 0.220 e. The summed E-state index contributed by atoms with van der Waals surface area (Å²) in [5.74, 6) is 3.15. The zero-order valence-electron chi connectivity index (χ0n) is 13.4. The molecular formula is C18H32N2O. The lowest BCUT2D eigenvalue weighted by atomic mass is 9.49. The number of rotatable bonds is 8. The molecule has 0 atom stereocenters. The number of nitrogens with two attached hydrogens (primary N) is 1. The summed E-state index contributed by atoms with van der Waals surface area (Å²) < 4.78 is 0. The van der Waals surface area contributed by atoms with Gasteiger partial charge in [-0.3, -0.25) is 4.79 Å². The monoisotopic (exact) mass is 292 g/mol. The van der Waals surface area contributed by atoms with Gasteiger partial charge in [0.15, 0.2) is 0 Å². The first-order valence-corrected chi connectivity index (χ1v) is 9.16. The second kappa shape index (κ2) is 6.68. The second-order valence-corrected chi connectivity index (χ2v) is 8.15. The molecule has 0 aromatic rings. The Morgan fingerprint density at radius 3 is 2.10 bits per heavy atom. The van der Waals surface area contributed by atoms with Gasteiger partial charge in [-0.15, -0.1) is 0 Å². The molecule has 3 N–H and O–H groups in total. The smallest absolute Gasteiger partial charge is 0.220 e. The summed E-state index contributed by atoms with van der Waals surface area (Å²) in [6.07, 6.45) is 13.8. The number of carbonyl (C=O) groups is 1. The van der Waals surface area contributed by atoms with Crippen LogP contribution in [-0.2, 0) is 4.79 Å². The van der Waals surface area contributed by atoms with Crippen molar-refractivity contribution in [2.45, 2.75) is 70.6 Å².